The van der Waals surface area contributed by atoms with E-state index in [1.807, 2.05) is 6.92 Å². The molecule has 34 heavy (non-hydrogen) atoms. The molecule has 0 saturated heterocycles. The molecular formula is C31H33N3. The number of hydrogen-bond donors (Lipinski definition) is 0. The van der Waals surface area contributed by atoms with E-state index in [0.717, 1.165) is 45.0 Å². The Morgan fingerprint density at radius 3 is 1.62 bits per heavy atom. The summed E-state index contributed by atoms with van der Waals surface area (Å²) in [6.07, 6.45) is 0. The molecule has 172 valence electrons. The van der Waals surface area contributed by atoms with Gasteiger partial charge in [0.2, 0.25) is 0 Å². The summed E-state index contributed by atoms with van der Waals surface area (Å²) in [5.41, 5.74) is 12.9. The minimum Gasteiger partial charge on any atom is -0.251 e. The molecule has 4 aromatic rings. The van der Waals surface area contributed by atoms with Crippen LogP contribution in [0.3, 0.4) is 0 Å². The Labute approximate surface area is 203 Å². The number of aryl methyl sites for hydroxylation is 6. The monoisotopic (exact) mass is 447 g/mol. The van der Waals surface area contributed by atoms with Crippen LogP contribution in [0.25, 0.3) is 10.8 Å². The summed E-state index contributed by atoms with van der Waals surface area (Å²) in [6.45, 7) is 16.8. The summed E-state index contributed by atoms with van der Waals surface area (Å²) in [7, 11) is 0. The molecule has 0 atom stereocenters. The summed E-state index contributed by atoms with van der Waals surface area (Å²) < 4.78 is 0. The van der Waals surface area contributed by atoms with E-state index in [-0.39, 0.29) is 0 Å². The van der Waals surface area contributed by atoms with Gasteiger partial charge in [0, 0.05) is 5.39 Å². The molecule has 0 fully saturated rings. The predicted molar refractivity (Wildman–Crippen MR) is 147 cm³/mol. The molecule has 1 aromatic heterocycles. The molecule has 0 radical (unpaired) electrons. The van der Waals surface area contributed by atoms with Crippen molar-refractivity contribution < 1.29 is 0 Å². The molecule has 0 saturated carbocycles. The van der Waals surface area contributed by atoms with Crippen LogP contribution in [0.15, 0.2) is 64.6 Å². The lowest BCUT2D eigenvalue weighted by Gasteiger charge is -2.13. The first-order valence-electron chi connectivity index (χ1n) is 11.8. The Morgan fingerprint density at radius 2 is 1.09 bits per heavy atom. The molecule has 0 spiro atoms. The first kappa shape index (κ1) is 23.6. The maximum atomic E-state index is 5.09. The molecule has 0 unspecified atom stereocenters. The average molecular weight is 448 g/mol. The highest BCUT2D eigenvalue weighted by atomic mass is 14.8. The van der Waals surface area contributed by atoms with Crippen molar-refractivity contribution in [3.63, 3.8) is 0 Å². The zero-order valence-electron chi connectivity index (χ0n) is 21.5. The predicted octanol–water partition coefficient (Wildman–Crippen LogP) is 8.37. The topological polar surface area (TPSA) is 37.6 Å². The summed E-state index contributed by atoms with van der Waals surface area (Å²) in [5.74, 6) is 0. The average Bonchev–Trinajstić information content (AvgIpc) is 2.77. The second kappa shape index (κ2) is 9.34. The molecule has 0 aliphatic rings. The third-order valence-corrected chi connectivity index (χ3v) is 6.28. The maximum absolute atomic E-state index is 5.09. The van der Waals surface area contributed by atoms with Crippen LogP contribution in [0.5, 0.6) is 0 Å². The van der Waals surface area contributed by atoms with Crippen molar-refractivity contribution in [3.8, 4) is 0 Å². The van der Waals surface area contributed by atoms with E-state index in [1.54, 1.807) is 0 Å². The number of hydrogen-bond acceptors (Lipinski definition) is 3. The fraction of sp³-hybridized carbons (Fsp3) is 0.258. The highest BCUT2D eigenvalue weighted by Crippen LogP contribution is 2.29. The molecule has 3 heteroatoms. The second-order valence-electron chi connectivity index (χ2n) is 9.47. The first-order valence-corrected chi connectivity index (χ1v) is 11.8. The van der Waals surface area contributed by atoms with Crippen molar-refractivity contribution in [1.82, 2.24) is 4.98 Å². The third kappa shape index (κ3) is 4.70. The molecule has 3 aromatic carbocycles. The van der Waals surface area contributed by atoms with Gasteiger partial charge in [-0.25, -0.2) is 4.98 Å². The van der Waals surface area contributed by atoms with Gasteiger partial charge in [0.05, 0.1) is 34.2 Å². The van der Waals surface area contributed by atoms with Crippen LogP contribution in [0.4, 0.5) is 11.4 Å². The van der Waals surface area contributed by atoms with Crippen molar-refractivity contribution >= 4 is 33.6 Å². The number of pyridine rings is 1. The number of aliphatic imine (C=N–C) groups is 2. The van der Waals surface area contributed by atoms with Gasteiger partial charge in [-0.3, -0.25) is 9.98 Å². The largest absolute Gasteiger partial charge is 0.251 e. The lowest BCUT2D eigenvalue weighted by Crippen LogP contribution is -2.07. The van der Waals surface area contributed by atoms with Gasteiger partial charge in [0.1, 0.15) is 0 Å². The lowest BCUT2D eigenvalue weighted by atomic mass is 10.0. The van der Waals surface area contributed by atoms with Crippen LogP contribution in [0.1, 0.15) is 58.6 Å². The number of benzene rings is 3. The van der Waals surface area contributed by atoms with E-state index >= 15 is 0 Å². The molecule has 0 aliphatic carbocycles. The van der Waals surface area contributed by atoms with Crippen molar-refractivity contribution in [2.75, 3.05) is 0 Å². The van der Waals surface area contributed by atoms with E-state index in [0.29, 0.717) is 0 Å². The number of aromatic nitrogens is 1. The number of nitrogens with zero attached hydrogens (tertiary/aromatic N) is 3. The minimum absolute atomic E-state index is 0.875. The Bertz CT molecular complexity index is 1430. The van der Waals surface area contributed by atoms with Crippen LogP contribution in [-0.4, -0.2) is 16.4 Å². The normalized spacial score (nSPS) is 12.5. The SMILES string of the molecule is C/C(=N\c1c(C)cc(C)cc1C)c1cc2ccccc2c(/C(C)=N/c2c(C)cc(C)cc2C)n1. The fourth-order valence-electron chi connectivity index (χ4n) is 4.80. The molecule has 0 amide bonds. The fourth-order valence-corrected chi connectivity index (χ4v) is 4.80. The van der Waals surface area contributed by atoms with Crippen molar-refractivity contribution in [2.45, 2.75) is 55.4 Å². The van der Waals surface area contributed by atoms with Gasteiger partial charge in [-0.05, 0) is 89.1 Å². The molecule has 1 heterocycles. The van der Waals surface area contributed by atoms with Gasteiger partial charge >= 0.3 is 0 Å². The molecule has 4 rings (SSSR count). The van der Waals surface area contributed by atoms with E-state index in [9.17, 15) is 0 Å². The van der Waals surface area contributed by atoms with Gasteiger partial charge in [-0.1, -0.05) is 59.7 Å². The highest BCUT2D eigenvalue weighted by Gasteiger charge is 2.13. The highest BCUT2D eigenvalue weighted by molar-refractivity contribution is 6.11. The van der Waals surface area contributed by atoms with Gasteiger partial charge in [-0.2, -0.15) is 0 Å². The van der Waals surface area contributed by atoms with E-state index in [2.05, 4.69) is 103 Å². The molecule has 0 N–H and O–H groups in total. The zero-order valence-corrected chi connectivity index (χ0v) is 21.5. The van der Waals surface area contributed by atoms with Crippen molar-refractivity contribution in [3.05, 3.63) is 99.4 Å². The van der Waals surface area contributed by atoms with Crippen LogP contribution in [-0.2, 0) is 0 Å². The Balaban J connectivity index is 1.88. The summed E-state index contributed by atoms with van der Waals surface area (Å²) in [6, 6.07) is 19.2. The smallest absolute Gasteiger partial charge is 0.0928 e. The standard InChI is InChI=1S/C31H33N3/c1-18-13-20(3)29(21(4)14-18)32-24(7)28-17-26-11-9-10-12-27(26)31(34-28)25(8)33-30-22(5)15-19(2)16-23(30)6/h9-17H,1-8H3/b32-24+,33-25+. The molecule has 0 aliphatic heterocycles. The molecule has 3 nitrogen and oxygen atoms in total. The van der Waals surface area contributed by atoms with Gasteiger partial charge < -0.3 is 0 Å². The summed E-state index contributed by atoms with van der Waals surface area (Å²) in [4.78, 5) is 15.2. The third-order valence-electron chi connectivity index (χ3n) is 6.28. The molecule has 0 bridgehead atoms. The Hall–Kier alpha value is -3.59. The van der Waals surface area contributed by atoms with Gasteiger partial charge in [0.25, 0.3) is 0 Å². The Morgan fingerprint density at radius 1 is 0.618 bits per heavy atom. The van der Waals surface area contributed by atoms with Gasteiger partial charge in [0.15, 0.2) is 0 Å². The van der Waals surface area contributed by atoms with Crippen LogP contribution in [0, 0.1) is 41.5 Å². The van der Waals surface area contributed by atoms with E-state index in [1.165, 1.54) is 33.4 Å². The summed E-state index contributed by atoms with van der Waals surface area (Å²) in [5, 5.41) is 2.24. The van der Waals surface area contributed by atoms with E-state index < -0.39 is 0 Å². The van der Waals surface area contributed by atoms with Gasteiger partial charge in [-0.15, -0.1) is 0 Å². The number of rotatable bonds is 4. The quantitative estimate of drug-likeness (QED) is 0.290. The van der Waals surface area contributed by atoms with Crippen molar-refractivity contribution in [2.24, 2.45) is 9.98 Å². The molecular weight excluding hydrogens is 414 g/mol. The minimum atomic E-state index is 0.875. The van der Waals surface area contributed by atoms with Crippen LogP contribution >= 0.6 is 0 Å². The maximum Gasteiger partial charge on any atom is 0.0928 e. The number of fused-ring (bicyclic) bond motifs is 1. The Kier molecular flexibility index (Phi) is 6.47. The van der Waals surface area contributed by atoms with Crippen LogP contribution in [0.2, 0.25) is 0 Å². The first-order chi connectivity index (χ1) is 16.1. The van der Waals surface area contributed by atoms with Crippen LogP contribution < -0.4 is 0 Å². The summed E-state index contributed by atoms with van der Waals surface area (Å²) >= 11 is 0. The lowest BCUT2D eigenvalue weighted by molar-refractivity contribution is 1.24. The second-order valence-corrected chi connectivity index (χ2v) is 9.47. The van der Waals surface area contributed by atoms with Crippen molar-refractivity contribution in [1.29, 1.82) is 0 Å². The zero-order chi connectivity index (χ0) is 24.6. The van der Waals surface area contributed by atoms with E-state index in [4.69, 9.17) is 15.0 Å².